The van der Waals surface area contributed by atoms with E-state index < -0.39 is 0 Å². The van der Waals surface area contributed by atoms with E-state index in [2.05, 4.69) is 29.2 Å². The quantitative estimate of drug-likeness (QED) is 0.424. The Labute approximate surface area is 212 Å². The summed E-state index contributed by atoms with van der Waals surface area (Å²) >= 11 is 0. The monoisotopic (exact) mass is 491 g/mol. The Hall–Kier alpha value is -2.93. The summed E-state index contributed by atoms with van der Waals surface area (Å²) in [5, 5.41) is 10.0. The molecule has 0 amide bonds. The van der Waals surface area contributed by atoms with Crippen molar-refractivity contribution < 1.29 is 23.7 Å². The topological polar surface area (TPSA) is 51.2 Å². The second-order valence-corrected chi connectivity index (χ2v) is 9.91. The van der Waals surface area contributed by atoms with Gasteiger partial charge in [-0.05, 0) is 84.0 Å². The van der Waals surface area contributed by atoms with Gasteiger partial charge in [0.15, 0.2) is 6.29 Å². The number of aryl methyl sites for hydroxylation is 1. The van der Waals surface area contributed by atoms with Crippen molar-refractivity contribution in [2.24, 2.45) is 5.92 Å². The number of methoxy groups -OCH3 is 2. The molecule has 36 heavy (non-hydrogen) atoms. The van der Waals surface area contributed by atoms with Crippen LogP contribution in [-0.4, -0.2) is 38.7 Å². The highest BCUT2D eigenvalue weighted by molar-refractivity contribution is 5.52. The molecule has 5 nitrogen and oxygen atoms in total. The summed E-state index contributed by atoms with van der Waals surface area (Å²) in [5.74, 6) is 0.253. The Morgan fingerprint density at radius 2 is 1.67 bits per heavy atom. The van der Waals surface area contributed by atoms with Crippen molar-refractivity contribution >= 4 is 5.69 Å². The smallest absolute Gasteiger partial charge is 0.159 e. The highest BCUT2D eigenvalue weighted by atomic mass is 19.1. The van der Waals surface area contributed by atoms with Crippen molar-refractivity contribution in [2.75, 3.05) is 32.2 Å². The van der Waals surface area contributed by atoms with E-state index in [1.165, 1.54) is 11.8 Å². The molecule has 190 valence electrons. The Balaban J connectivity index is 1.43. The standard InChI is InChI=1S/C30H34FNO4/c1-19-14-22(16-24(31)15-19)29-28(27-9-8-26(33)17-23(27)18-36-29)20-4-6-25(7-5-20)32-12-10-21(11-13-32)30(34-2)35-3/h4-9,14-17,21,28-30,33H,10-13,18H2,1-3H3/t28-,29-/m0/s1. The van der Waals surface area contributed by atoms with E-state index in [0.29, 0.717) is 12.5 Å². The number of piperidine rings is 1. The number of phenols is 1. The lowest BCUT2D eigenvalue weighted by molar-refractivity contribution is -0.141. The Morgan fingerprint density at radius 1 is 0.944 bits per heavy atom. The summed E-state index contributed by atoms with van der Waals surface area (Å²) in [6.45, 7) is 4.17. The number of aromatic hydroxyl groups is 1. The van der Waals surface area contributed by atoms with E-state index in [0.717, 1.165) is 53.7 Å². The molecule has 5 rings (SSSR count). The molecule has 0 bridgehead atoms. The molecular weight excluding hydrogens is 457 g/mol. The normalized spacial score (nSPS) is 20.5. The molecule has 0 spiro atoms. The van der Waals surface area contributed by atoms with Crippen LogP contribution in [0.5, 0.6) is 5.75 Å². The molecule has 3 aromatic rings. The Bertz CT molecular complexity index is 1170. The van der Waals surface area contributed by atoms with Gasteiger partial charge in [-0.3, -0.25) is 0 Å². The van der Waals surface area contributed by atoms with Gasteiger partial charge in [-0.1, -0.05) is 24.3 Å². The number of fused-ring (bicyclic) bond motifs is 1. The Morgan fingerprint density at radius 3 is 2.33 bits per heavy atom. The van der Waals surface area contributed by atoms with Gasteiger partial charge in [-0.25, -0.2) is 4.39 Å². The SMILES string of the molecule is COC(OC)C1CCN(c2ccc([C@H]3c4ccc(O)cc4CO[C@H]3c3cc(C)cc(F)c3)cc2)CC1. The van der Waals surface area contributed by atoms with Gasteiger partial charge in [0, 0.05) is 44.8 Å². The highest BCUT2D eigenvalue weighted by Crippen LogP contribution is 2.46. The molecule has 1 fully saturated rings. The van der Waals surface area contributed by atoms with Gasteiger partial charge in [0.25, 0.3) is 0 Å². The van der Waals surface area contributed by atoms with Crippen LogP contribution in [0.1, 0.15) is 52.7 Å². The van der Waals surface area contributed by atoms with Crippen molar-refractivity contribution in [3.8, 4) is 5.75 Å². The summed E-state index contributed by atoms with van der Waals surface area (Å²) in [4.78, 5) is 2.40. The first-order valence-electron chi connectivity index (χ1n) is 12.6. The molecule has 6 heteroatoms. The van der Waals surface area contributed by atoms with Gasteiger partial charge in [-0.15, -0.1) is 0 Å². The largest absolute Gasteiger partial charge is 0.508 e. The van der Waals surface area contributed by atoms with E-state index in [9.17, 15) is 9.50 Å². The summed E-state index contributed by atoms with van der Waals surface area (Å²) < 4.78 is 31.6. The summed E-state index contributed by atoms with van der Waals surface area (Å²) in [7, 11) is 3.40. The fraction of sp³-hybridized carbons (Fsp3) is 0.400. The number of anilines is 1. The third-order valence-corrected chi connectivity index (χ3v) is 7.58. The van der Waals surface area contributed by atoms with Crippen LogP contribution in [0, 0.1) is 18.7 Å². The predicted octanol–water partition coefficient (Wildman–Crippen LogP) is 6.08. The van der Waals surface area contributed by atoms with Gasteiger partial charge >= 0.3 is 0 Å². The zero-order valence-electron chi connectivity index (χ0n) is 21.1. The molecule has 2 aliphatic rings. The maximum atomic E-state index is 14.3. The maximum Gasteiger partial charge on any atom is 0.159 e. The van der Waals surface area contributed by atoms with Crippen LogP contribution in [0.25, 0.3) is 0 Å². The Kier molecular flexibility index (Phi) is 7.28. The van der Waals surface area contributed by atoms with Gasteiger partial charge in [-0.2, -0.15) is 0 Å². The molecular formula is C30H34FNO4. The minimum atomic E-state index is -0.321. The van der Waals surface area contributed by atoms with Gasteiger partial charge < -0.3 is 24.2 Å². The first-order valence-corrected chi connectivity index (χ1v) is 12.6. The van der Waals surface area contributed by atoms with Crippen LogP contribution in [0.3, 0.4) is 0 Å². The fourth-order valence-corrected chi connectivity index (χ4v) is 5.83. The van der Waals surface area contributed by atoms with Crippen molar-refractivity contribution in [2.45, 2.75) is 44.7 Å². The van der Waals surface area contributed by atoms with E-state index in [4.69, 9.17) is 14.2 Å². The summed E-state index contributed by atoms with van der Waals surface area (Å²) in [6, 6.07) is 19.2. The molecule has 2 atom stereocenters. The molecule has 2 aliphatic heterocycles. The predicted molar refractivity (Wildman–Crippen MR) is 138 cm³/mol. The van der Waals surface area contributed by atoms with E-state index in [-0.39, 0.29) is 29.9 Å². The lowest BCUT2D eigenvalue weighted by Crippen LogP contribution is -2.39. The number of ether oxygens (including phenoxy) is 3. The molecule has 2 heterocycles. The van der Waals surface area contributed by atoms with Gasteiger partial charge in [0.1, 0.15) is 11.6 Å². The van der Waals surface area contributed by atoms with Crippen molar-refractivity contribution in [1.82, 2.24) is 0 Å². The van der Waals surface area contributed by atoms with Gasteiger partial charge in [0.2, 0.25) is 0 Å². The van der Waals surface area contributed by atoms with Crippen molar-refractivity contribution in [1.29, 1.82) is 0 Å². The number of nitrogens with zero attached hydrogens (tertiary/aromatic N) is 1. The lowest BCUT2D eigenvalue weighted by atomic mass is 9.79. The average molecular weight is 492 g/mol. The maximum absolute atomic E-state index is 14.3. The molecule has 3 aromatic carbocycles. The molecule has 1 saturated heterocycles. The first kappa shape index (κ1) is 24.8. The number of benzene rings is 3. The number of rotatable bonds is 6. The van der Waals surface area contributed by atoms with Crippen LogP contribution in [-0.2, 0) is 20.8 Å². The molecule has 0 aliphatic carbocycles. The van der Waals surface area contributed by atoms with E-state index in [1.807, 2.05) is 19.1 Å². The van der Waals surface area contributed by atoms with Crippen LogP contribution >= 0.6 is 0 Å². The van der Waals surface area contributed by atoms with Crippen LogP contribution < -0.4 is 4.90 Å². The second-order valence-electron chi connectivity index (χ2n) is 9.91. The van der Waals surface area contributed by atoms with E-state index >= 15 is 0 Å². The lowest BCUT2D eigenvalue weighted by Gasteiger charge is -2.37. The zero-order chi connectivity index (χ0) is 25.2. The summed E-state index contributed by atoms with van der Waals surface area (Å²) in [5.41, 5.74) is 6.04. The average Bonchev–Trinajstić information content (AvgIpc) is 2.88. The highest BCUT2D eigenvalue weighted by Gasteiger charge is 2.34. The van der Waals surface area contributed by atoms with Gasteiger partial charge in [0.05, 0.1) is 12.7 Å². The fourth-order valence-electron chi connectivity index (χ4n) is 5.83. The van der Waals surface area contributed by atoms with Crippen molar-refractivity contribution in [3.63, 3.8) is 0 Å². The molecule has 0 saturated carbocycles. The zero-order valence-corrected chi connectivity index (χ0v) is 21.1. The third-order valence-electron chi connectivity index (χ3n) is 7.58. The molecule has 0 radical (unpaired) electrons. The number of halogens is 1. The number of hydrogen-bond acceptors (Lipinski definition) is 5. The van der Waals surface area contributed by atoms with Crippen LogP contribution in [0.2, 0.25) is 0 Å². The minimum Gasteiger partial charge on any atom is -0.508 e. The van der Waals surface area contributed by atoms with E-state index in [1.54, 1.807) is 32.4 Å². The number of hydrogen-bond donors (Lipinski definition) is 1. The van der Waals surface area contributed by atoms with Crippen LogP contribution in [0.4, 0.5) is 10.1 Å². The molecule has 0 unspecified atom stereocenters. The third kappa shape index (κ3) is 4.99. The first-order chi connectivity index (χ1) is 17.5. The molecule has 1 N–H and O–H groups in total. The summed E-state index contributed by atoms with van der Waals surface area (Å²) in [6.07, 6.45) is 1.56. The number of phenolic OH excluding ortho intramolecular Hbond substituents is 1. The van der Waals surface area contributed by atoms with Crippen molar-refractivity contribution in [3.05, 3.63) is 94.3 Å². The molecule has 0 aromatic heterocycles. The minimum absolute atomic E-state index is 0.112. The second kappa shape index (κ2) is 10.6. The van der Waals surface area contributed by atoms with Crippen LogP contribution in [0.15, 0.2) is 60.7 Å².